The van der Waals surface area contributed by atoms with Gasteiger partial charge in [-0.05, 0) is 81.1 Å². The summed E-state index contributed by atoms with van der Waals surface area (Å²) < 4.78 is 2.72. The number of amides is 1. The smallest absolute Gasteiger partial charge is 0.267 e. The summed E-state index contributed by atoms with van der Waals surface area (Å²) in [6.45, 7) is 3.39. The fourth-order valence-corrected chi connectivity index (χ4v) is 4.45. The lowest BCUT2D eigenvalue weighted by molar-refractivity contribution is -0.119. The largest absolute Gasteiger partial charge is 0.324 e. The molecule has 0 radical (unpaired) electrons. The van der Waals surface area contributed by atoms with Gasteiger partial charge in [0, 0.05) is 16.8 Å². The molecule has 4 aromatic rings. The number of carbonyl (C=O) groups is 1. The Morgan fingerprint density at radius 2 is 1.85 bits per heavy atom. The van der Waals surface area contributed by atoms with Crippen LogP contribution in [-0.4, -0.2) is 25.2 Å². The van der Waals surface area contributed by atoms with Crippen LogP contribution in [0.15, 0.2) is 58.1 Å². The zero-order chi connectivity index (χ0) is 24.0. The van der Waals surface area contributed by atoms with Crippen LogP contribution < -0.4 is 16.4 Å². The number of hydrogen-bond donors (Lipinski definition) is 1. The lowest BCUT2D eigenvalue weighted by Crippen LogP contribution is -2.34. The number of rotatable bonds is 4. The molecular weight excluding hydrogens is 454 g/mol. The third-order valence-electron chi connectivity index (χ3n) is 6.12. The number of aryl methyl sites for hydroxylation is 3. The molecule has 1 aliphatic carbocycles. The highest BCUT2D eigenvalue weighted by Crippen LogP contribution is 2.21. The number of nitrogens with zero attached hydrogens (tertiary/aromatic N) is 4. The Kier molecular flexibility index (Phi) is 5.53. The molecule has 1 amide bonds. The highest BCUT2D eigenvalue weighted by Gasteiger charge is 2.22. The summed E-state index contributed by atoms with van der Waals surface area (Å²) >= 11 is 5.98. The number of halogens is 1. The first-order valence-electron chi connectivity index (χ1n) is 11.0. The Bertz CT molecular complexity index is 1560. The van der Waals surface area contributed by atoms with E-state index in [-0.39, 0.29) is 11.1 Å². The van der Waals surface area contributed by atoms with Gasteiger partial charge in [-0.25, -0.2) is 9.67 Å². The lowest BCUT2D eigenvalue weighted by atomic mass is 10.2. The van der Waals surface area contributed by atoms with Crippen LogP contribution in [-0.2, 0) is 17.6 Å². The van der Waals surface area contributed by atoms with Crippen molar-refractivity contribution in [1.82, 2.24) is 19.3 Å². The quantitative estimate of drug-likeness (QED) is 0.486. The van der Waals surface area contributed by atoms with E-state index in [2.05, 4.69) is 15.4 Å². The summed E-state index contributed by atoms with van der Waals surface area (Å²) in [6.07, 6.45) is 2.61. The van der Waals surface area contributed by atoms with E-state index in [1.165, 1.54) is 9.25 Å². The van der Waals surface area contributed by atoms with Gasteiger partial charge in [-0.15, -0.1) is 0 Å². The van der Waals surface area contributed by atoms with Crippen molar-refractivity contribution in [3.8, 4) is 5.69 Å². The average molecular weight is 476 g/mol. The van der Waals surface area contributed by atoms with E-state index < -0.39 is 11.9 Å². The Morgan fingerprint density at radius 3 is 2.62 bits per heavy atom. The van der Waals surface area contributed by atoms with E-state index in [1.807, 2.05) is 0 Å². The number of carbonyl (C=O) groups excluding carboxylic acids is 1. The Labute approximate surface area is 199 Å². The topological polar surface area (TPSA) is 98.9 Å². The Morgan fingerprint density at radius 1 is 1.09 bits per heavy atom. The molecule has 0 spiro atoms. The fraction of sp³-hybridized carbons (Fsp3) is 0.240. The summed E-state index contributed by atoms with van der Waals surface area (Å²) in [4.78, 5) is 43.3. The van der Waals surface area contributed by atoms with Gasteiger partial charge in [-0.2, -0.15) is 5.10 Å². The molecule has 0 bridgehead atoms. The number of nitrogens with one attached hydrogen (secondary N) is 1. The maximum atomic E-state index is 13.3. The molecular formula is C25H22ClN5O3. The number of hydrogen-bond acceptors (Lipinski definition) is 5. The lowest BCUT2D eigenvalue weighted by Gasteiger charge is -2.16. The zero-order valence-corrected chi connectivity index (χ0v) is 19.5. The monoisotopic (exact) mass is 475 g/mol. The Hall–Kier alpha value is -3.78. The molecule has 0 aliphatic heterocycles. The fourth-order valence-electron chi connectivity index (χ4n) is 4.32. The molecule has 172 valence electrons. The van der Waals surface area contributed by atoms with Gasteiger partial charge >= 0.3 is 0 Å². The third kappa shape index (κ3) is 3.90. The van der Waals surface area contributed by atoms with Crippen molar-refractivity contribution < 1.29 is 4.79 Å². The minimum absolute atomic E-state index is 0.259. The molecule has 2 aromatic carbocycles. The molecule has 2 aromatic heterocycles. The first kappa shape index (κ1) is 22.0. The summed E-state index contributed by atoms with van der Waals surface area (Å²) in [5.41, 5.74) is 2.88. The van der Waals surface area contributed by atoms with E-state index in [0.717, 1.165) is 30.5 Å². The van der Waals surface area contributed by atoms with Crippen LogP contribution >= 0.6 is 11.6 Å². The minimum atomic E-state index is -0.809. The maximum Gasteiger partial charge on any atom is 0.267 e. The first-order valence-corrected chi connectivity index (χ1v) is 11.4. The van der Waals surface area contributed by atoms with Gasteiger partial charge in [0.15, 0.2) is 0 Å². The zero-order valence-electron chi connectivity index (χ0n) is 18.7. The van der Waals surface area contributed by atoms with Crippen LogP contribution in [0.5, 0.6) is 0 Å². The molecule has 0 saturated heterocycles. The van der Waals surface area contributed by atoms with Gasteiger partial charge in [0.25, 0.3) is 11.1 Å². The highest BCUT2D eigenvalue weighted by atomic mass is 35.5. The van der Waals surface area contributed by atoms with Crippen LogP contribution in [0, 0.1) is 6.92 Å². The first-order chi connectivity index (χ1) is 16.3. The van der Waals surface area contributed by atoms with Crippen LogP contribution in [0.3, 0.4) is 0 Å². The SMILES string of the molecule is Cc1nc2ccc(NC(=O)C(C)n3nc4c(cc3=O)CCC4)cc2c(=O)n1-c1ccc(Cl)cc1. The van der Waals surface area contributed by atoms with Gasteiger partial charge in [0.2, 0.25) is 5.91 Å². The van der Waals surface area contributed by atoms with Gasteiger partial charge < -0.3 is 5.32 Å². The van der Waals surface area contributed by atoms with Crippen LogP contribution in [0.25, 0.3) is 16.6 Å². The van der Waals surface area contributed by atoms with Gasteiger partial charge in [-0.3, -0.25) is 19.0 Å². The predicted octanol–water partition coefficient (Wildman–Crippen LogP) is 3.59. The van der Waals surface area contributed by atoms with Crippen molar-refractivity contribution in [1.29, 1.82) is 0 Å². The van der Waals surface area contributed by atoms with Crippen molar-refractivity contribution in [2.24, 2.45) is 0 Å². The molecule has 1 atom stereocenters. The summed E-state index contributed by atoms with van der Waals surface area (Å²) in [5, 5.41) is 8.14. The molecule has 0 fully saturated rings. The molecule has 5 rings (SSSR count). The molecule has 0 saturated carbocycles. The second-order valence-electron chi connectivity index (χ2n) is 8.43. The Balaban J connectivity index is 1.47. The van der Waals surface area contributed by atoms with E-state index in [1.54, 1.807) is 62.4 Å². The van der Waals surface area contributed by atoms with Crippen LogP contribution in [0.2, 0.25) is 5.02 Å². The van der Waals surface area contributed by atoms with Gasteiger partial charge in [0.05, 0.1) is 22.3 Å². The molecule has 1 aliphatic rings. The number of fused-ring (bicyclic) bond motifs is 2. The molecule has 8 nitrogen and oxygen atoms in total. The van der Waals surface area contributed by atoms with E-state index in [0.29, 0.717) is 33.1 Å². The number of anilines is 1. The van der Waals surface area contributed by atoms with Crippen molar-refractivity contribution in [3.63, 3.8) is 0 Å². The maximum absolute atomic E-state index is 13.3. The van der Waals surface area contributed by atoms with Crippen molar-refractivity contribution in [3.05, 3.63) is 91.3 Å². The average Bonchev–Trinajstić information content (AvgIpc) is 3.27. The predicted molar refractivity (Wildman–Crippen MR) is 131 cm³/mol. The van der Waals surface area contributed by atoms with Crippen LogP contribution in [0.1, 0.15) is 36.5 Å². The van der Waals surface area contributed by atoms with E-state index in [9.17, 15) is 14.4 Å². The molecule has 2 heterocycles. The minimum Gasteiger partial charge on any atom is -0.324 e. The van der Waals surface area contributed by atoms with Crippen molar-refractivity contribution in [2.45, 2.75) is 39.2 Å². The number of benzene rings is 2. The van der Waals surface area contributed by atoms with Gasteiger partial charge in [-0.1, -0.05) is 11.6 Å². The summed E-state index contributed by atoms with van der Waals surface area (Å²) in [5.74, 6) is 0.136. The third-order valence-corrected chi connectivity index (χ3v) is 6.37. The normalized spacial score (nSPS) is 13.6. The van der Waals surface area contributed by atoms with E-state index >= 15 is 0 Å². The molecule has 9 heteroatoms. The van der Waals surface area contributed by atoms with E-state index in [4.69, 9.17) is 11.6 Å². The second kappa shape index (κ2) is 8.53. The second-order valence-corrected chi connectivity index (χ2v) is 8.86. The van der Waals surface area contributed by atoms with Crippen molar-refractivity contribution in [2.75, 3.05) is 5.32 Å². The molecule has 1 unspecified atom stereocenters. The highest BCUT2D eigenvalue weighted by molar-refractivity contribution is 6.30. The summed E-state index contributed by atoms with van der Waals surface area (Å²) in [6, 6.07) is 12.6. The number of aromatic nitrogens is 4. The van der Waals surface area contributed by atoms with Crippen LogP contribution in [0.4, 0.5) is 5.69 Å². The van der Waals surface area contributed by atoms with Crippen molar-refractivity contribution >= 4 is 34.1 Å². The van der Waals surface area contributed by atoms with Gasteiger partial charge in [0.1, 0.15) is 11.9 Å². The molecule has 34 heavy (non-hydrogen) atoms. The standard InChI is InChI=1S/C25H22ClN5O3/c1-14(31-23(32)12-16-4-3-5-21(16)29-31)24(33)28-18-8-11-22-20(13-18)25(34)30(15(2)27-22)19-9-6-17(26)7-10-19/h6-14H,3-5H2,1-2H3,(H,28,33). The molecule has 1 N–H and O–H groups in total. The summed E-state index contributed by atoms with van der Waals surface area (Å²) in [7, 11) is 0.